The van der Waals surface area contributed by atoms with Crippen LogP contribution in [0.5, 0.6) is 0 Å². The molecule has 2 aromatic rings. The van der Waals surface area contributed by atoms with E-state index in [1.54, 1.807) is 23.4 Å². The molecule has 1 aliphatic carbocycles. The first-order valence-corrected chi connectivity index (χ1v) is 8.34. The minimum absolute atomic E-state index is 0.113. The van der Waals surface area contributed by atoms with Crippen molar-refractivity contribution in [2.75, 3.05) is 13.1 Å². The van der Waals surface area contributed by atoms with Gasteiger partial charge in [0.15, 0.2) is 5.78 Å². The topological polar surface area (TPSA) is 55.2 Å². The van der Waals surface area contributed by atoms with Gasteiger partial charge in [0.25, 0.3) is 5.91 Å². The first-order valence-electron chi connectivity index (χ1n) is 7.96. The molecular formula is C18H16ClN3O2. The number of aromatic nitrogens is 2. The van der Waals surface area contributed by atoms with Crippen LogP contribution in [0.1, 0.15) is 29.6 Å². The lowest BCUT2D eigenvalue weighted by Crippen LogP contribution is -2.28. The van der Waals surface area contributed by atoms with E-state index in [2.05, 4.69) is 11.1 Å². The van der Waals surface area contributed by atoms with Crippen LogP contribution in [0.25, 0.3) is 16.7 Å². The second-order valence-electron chi connectivity index (χ2n) is 6.09. The van der Waals surface area contributed by atoms with Gasteiger partial charge in [0.2, 0.25) is 0 Å². The molecule has 0 spiro atoms. The fourth-order valence-corrected chi connectivity index (χ4v) is 3.38. The Morgan fingerprint density at radius 3 is 2.88 bits per heavy atom. The molecule has 0 unspecified atom stereocenters. The number of carbonyl (C=O) groups excluding carboxylic acids is 2. The lowest BCUT2D eigenvalue weighted by molar-refractivity contribution is -0.116. The highest BCUT2D eigenvalue weighted by Gasteiger charge is 2.25. The van der Waals surface area contributed by atoms with E-state index in [0.29, 0.717) is 18.5 Å². The van der Waals surface area contributed by atoms with Crippen molar-refractivity contribution in [3.05, 3.63) is 47.3 Å². The molecule has 1 aromatic heterocycles. The Morgan fingerprint density at radius 1 is 1.25 bits per heavy atom. The van der Waals surface area contributed by atoms with E-state index in [0.717, 1.165) is 34.6 Å². The fourth-order valence-electron chi connectivity index (χ4n) is 3.16. The van der Waals surface area contributed by atoms with Gasteiger partial charge in [-0.1, -0.05) is 17.7 Å². The summed E-state index contributed by atoms with van der Waals surface area (Å²) in [6.45, 7) is 0.710. The number of ketones is 1. The summed E-state index contributed by atoms with van der Waals surface area (Å²) < 4.78 is 1.98. The second kappa shape index (κ2) is 5.91. The van der Waals surface area contributed by atoms with Gasteiger partial charge in [-0.25, -0.2) is 4.98 Å². The maximum atomic E-state index is 12.5. The minimum Gasteiger partial charge on any atom is -0.331 e. The summed E-state index contributed by atoms with van der Waals surface area (Å²) in [4.78, 5) is 29.9. The third kappa shape index (κ3) is 2.65. The maximum Gasteiger partial charge on any atom is 0.254 e. The van der Waals surface area contributed by atoms with Gasteiger partial charge in [-0.2, -0.15) is 0 Å². The maximum absolute atomic E-state index is 12.5. The number of nitrogens with zero attached hydrogens (tertiary/aromatic N) is 3. The second-order valence-corrected chi connectivity index (χ2v) is 6.58. The Hall–Kier alpha value is -2.40. The zero-order chi connectivity index (χ0) is 16.7. The molecule has 0 bridgehead atoms. The first-order chi connectivity index (χ1) is 11.6. The Bertz CT molecular complexity index is 910. The van der Waals surface area contributed by atoms with Crippen LogP contribution in [0.15, 0.2) is 41.7 Å². The first kappa shape index (κ1) is 15.1. The van der Waals surface area contributed by atoms with Gasteiger partial charge in [0.1, 0.15) is 6.33 Å². The minimum atomic E-state index is -0.114. The number of benzene rings is 1. The van der Waals surface area contributed by atoms with Crippen molar-refractivity contribution in [3.63, 3.8) is 0 Å². The number of hydrogen-bond acceptors (Lipinski definition) is 3. The van der Waals surface area contributed by atoms with E-state index in [9.17, 15) is 9.59 Å². The SMILES string of the molecule is O=C1CCN(C(=O)c2ccc3c(c2)ncn3C2=CCCC(Cl)=C2)C1. The van der Waals surface area contributed by atoms with E-state index < -0.39 is 0 Å². The highest BCUT2D eigenvalue weighted by Crippen LogP contribution is 2.27. The average Bonchev–Trinajstić information content (AvgIpc) is 3.19. The average molecular weight is 342 g/mol. The number of imidazole rings is 1. The van der Waals surface area contributed by atoms with Crippen molar-refractivity contribution < 1.29 is 9.59 Å². The number of carbonyl (C=O) groups is 2. The van der Waals surface area contributed by atoms with Crippen molar-refractivity contribution >= 4 is 40.0 Å². The normalized spacial score (nSPS) is 18.0. The zero-order valence-corrected chi connectivity index (χ0v) is 13.8. The van der Waals surface area contributed by atoms with Gasteiger partial charge in [-0.15, -0.1) is 0 Å². The van der Waals surface area contributed by atoms with Crippen LogP contribution in [0.2, 0.25) is 0 Å². The van der Waals surface area contributed by atoms with Crippen molar-refractivity contribution in [1.29, 1.82) is 0 Å². The van der Waals surface area contributed by atoms with Gasteiger partial charge in [0.05, 0.1) is 17.6 Å². The lowest BCUT2D eigenvalue weighted by atomic mass is 10.1. The van der Waals surface area contributed by atoms with Crippen molar-refractivity contribution in [2.24, 2.45) is 0 Å². The number of likely N-dealkylation sites (tertiary alicyclic amines) is 1. The molecule has 2 heterocycles. The smallest absolute Gasteiger partial charge is 0.254 e. The number of allylic oxidation sites excluding steroid dienone is 4. The fraction of sp³-hybridized carbons (Fsp3) is 0.278. The molecule has 24 heavy (non-hydrogen) atoms. The Labute approximate surface area is 144 Å². The molecule has 1 aromatic carbocycles. The van der Waals surface area contributed by atoms with Gasteiger partial charge in [0, 0.05) is 29.3 Å². The summed E-state index contributed by atoms with van der Waals surface area (Å²) in [6.07, 6.45) is 8.04. The number of hydrogen-bond donors (Lipinski definition) is 0. The molecule has 1 saturated heterocycles. The van der Waals surface area contributed by atoms with Crippen LogP contribution in [-0.2, 0) is 4.79 Å². The zero-order valence-electron chi connectivity index (χ0n) is 13.0. The molecule has 1 amide bonds. The summed E-state index contributed by atoms with van der Waals surface area (Å²) in [6, 6.07) is 5.47. The van der Waals surface area contributed by atoms with Gasteiger partial charge in [-0.3, -0.25) is 14.2 Å². The van der Waals surface area contributed by atoms with Crippen LogP contribution in [0, 0.1) is 0 Å². The van der Waals surface area contributed by atoms with Crippen molar-refractivity contribution in [3.8, 4) is 0 Å². The third-order valence-electron chi connectivity index (χ3n) is 4.43. The predicted molar refractivity (Wildman–Crippen MR) is 92.7 cm³/mol. The number of fused-ring (bicyclic) bond motifs is 1. The largest absolute Gasteiger partial charge is 0.331 e. The molecule has 0 saturated carbocycles. The standard InChI is InChI=1S/C18H16ClN3O2/c19-13-2-1-3-14(9-13)22-11-20-16-8-12(4-5-17(16)22)18(24)21-7-6-15(23)10-21/h3-5,8-9,11H,1-2,6-7,10H2. The highest BCUT2D eigenvalue weighted by molar-refractivity contribution is 6.30. The van der Waals surface area contributed by atoms with E-state index in [1.165, 1.54) is 0 Å². The lowest BCUT2D eigenvalue weighted by Gasteiger charge is -2.14. The number of amides is 1. The monoisotopic (exact) mass is 341 g/mol. The summed E-state index contributed by atoms with van der Waals surface area (Å²) >= 11 is 6.14. The number of Topliss-reactive ketones (excluding diaryl/α,β-unsaturated/α-hetero) is 1. The molecule has 1 fully saturated rings. The van der Waals surface area contributed by atoms with Crippen LogP contribution >= 0.6 is 11.6 Å². The highest BCUT2D eigenvalue weighted by atomic mass is 35.5. The molecular weight excluding hydrogens is 326 g/mol. The quantitative estimate of drug-likeness (QED) is 0.842. The Balaban J connectivity index is 1.67. The molecule has 6 heteroatoms. The molecule has 5 nitrogen and oxygen atoms in total. The van der Waals surface area contributed by atoms with Gasteiger partial charge >= 0.3 is 0 Å². The van der Waals surface area contributed by atoms with Crippen LogP contribution < -0.4 is 0 Å². The van der Waals surface area contributed by atoms with Gasteiger partial charge in [-0.05, 0) is 37.1 Å². The van der Waals surface area contributed by atoms with Gasteiger partial charge < -0.3 is 4.90 Å². The number of halogens is 1. The molecule has 1 aliphatic heterocycles. The van der Waals surface area contributed by atoms with Crippen LogP contribution in [0.4, 0.5) is 0 Å². The van der Waals surface area contributed by atoms with Crippen LogP contribution in [0.3, 0.4) is 0 Å². The Kier molecular flexibility index (Phi) is 3.73. The molecule has 0 N–H and O–H groups in total. The summed E-state index contributed by atoms with van der Waals surface area (Å²) in [5.41, 5.74) is 3.24. The molecule has 4 rings (SSSR count). The molecule has 2 aliphatic rings. The third-order valence-corrected chi connectivity index (χ3v) is 4.73. The molecule has 122 valence electrons. The summed E-state index contributed by atoms with van der Waals surface area (Å²) in [5.74, 6) is -0.00118. The van der Waals surface area contributed by atoms with Crippen molar-refractivity contribution in [2.45, 2.75) is 19.3 Å². The van der Waals surface area contributed by atoms with Crippen molar-refractivity contribution in [1.82, 2.24) is 14.5 Å². The molecule has 0 radical (unpaired) electrons. The summed E-state index contributed by atoms with van der Waals surface area (Å²) in [7, 11) is 0. The predicted octanol–water partition coefficient (Wildman–Crippen LogP) is 3.21. The summed E-state index contributed by atoms with van der Waals surface area (Å²) in [5, 5.41) is 0.833. The van der Waals surface area contributed by atoms with E-state index in [-0.39, 0.29) is 18.2 Å². The van der Waals surface area contributed by atoms with E-state index in [1.807, 2.05) is 16.7 Å². The van der Waals surface area contributed by atoms with E-state index >= 15 is 0 Å². The Morgan fingerprint density at radius 2 is 2.12 bits per heavy atom. The van der Waals surface area contributed by atoms with Crippen LogP contribution in [-0.4, -0.2) is 39.2 Å². The molecule has 0 atom stereocenters. The number of rotatable bonds is 2. The van der Waals surface area contributed by atoms with E-state index in [4.69, 9.17) is 11.6 Å².